The Balaban J connectivity index is 2.32. The zero-order chi connectivity index (χ0) is 15.4. The van der Waals surface area contributed by atoms with Gasteiger partial charge in [0.25, 0.3) is 11.8 Å². The molecule has 3 N–H and O–H groups in total. The normalized spacial score (nSPS) is 9.95. The molecule has 21 heavy (non-hydrogen) atoms. The minimum Gasteiger partial charge on any atom is -0.478 e. The van der Waals surface area contributed by atoms with Crippen LogP contribution in [0.25, 0.3) is 0 Å². The lowest BCUT2D eigenvalue weighted by Crippen LogP contribution is -2.43. The Morgan fingerprint density at radius 1 is 0.810 bits per heavy atom. The van der Waals surface area contributed by atoms with Crippen LogP contribution in [0.4, 0.5) is 0 Å². The molecule has 106 valence electrons. The van der Waals surface area contributed by atoms with Crippen LogP contribution in [0.1, 0.15) is 31.1 Å². The molecule has 0 atom stereocenters. The highest BCUT2D eigenvalue weighted by Gasteiger charge is 2.24. The topological polar surface area (TPSA) is 101 Å². The minimum absolute atomic E-state index is 0.142. The molecule has 0 saturated heterocycles. The summed E-state index contributed by atoms with van der Waals surface area (Å²) >= 11 is 0. The van der Waals surface area contributed by atoms with Crippen molar-refractivity contribution in [3.8, 4) is 0 Å². The predicted octanol–water partition coefficient (Wildman–Crippen LogP) is 1.54. The molecule has 0 saturated carbocycles. The third kappa shape index (κ3) is 2.96. The van der Waals surface area contributed by atoms with E-state index in [1.807, 2.05) is 0 Å². The first-order valence-corrected chi connectivity index (χ1v) is 6.03. The van der Waals surface area contributed by atoms with E-state index in [9.17, 15) is 14.4 Å². The third-order valence-electron chi connectivity index (χ3n) is 2.85. The fourth-order valence-corrected chi connectivity index (χ4v) is 1.80. The fourth-order valence-electron chi connectivity index (χ4n) is 1.80. The molecule has 0 radical (unpaired) electrons. The smallest absolute Gasteiger partial charge is 0.336 e. The van der Waals surface area contributed by atoms with E-state index in [2.05, 4.69) is 0 Å². The lowest BCUT2D eigenvalue weighted by atomic mass is 10.1. The molecule has 2 aromatic rings. The SMILES string of the molecule is NN(C(=O)c1ccccc1)C(=O)c1ccccc1C(=O)O. The number of nitrogens with zero attached hydrogens (tertiary/aromatic N) is 1. The zero-order valence-corrected chi connectivity index (χ0v) is 10.9. The summed E-state index contributed by atoms with van der Waals surface area (Å²) in [6.07, 6.45) is 0. The number of amides is 2. The molecule has 2 aromatic carbocycles. The quantitative estimate of drug-likeness (QED) is 0.385. The number of carbonyl (C=O) groups excluding carboxylic acids is 2. The van der Waals surface area contributed by atoms with Gasteiger partial charge in [-0.1, -0.05) is 30.3 Å². The minimum atomic E-state index is -1.26. The van der Waals surface area contributed by atoms with Gasteiger partial charge in [-0.25, -0.2) is 15.6 Å². The van der Waals surface area contributed by atoms with Crippen LogP contribution in [-0.4, -0.2) is 27.9 Å². The first-order chi connectivity index (χ1) is 10.0. The highest BCUT2D eigenvalue weighted by molar-refractivity contribution is 6.13. The lowest BCUT2D eigenvalue weighted by Gasteiger charge is -2.15. The van der Waals surface area contributed by atoms with Gasteiger partial charge in [0, 0.05) is 5.56 Å². The second kappa shape index (κ2) is 5.98. The van der Waals surface area contributed by atoms with E-state index in [0.717, 1.165) is 0 Å². The van der Waals surface area contributed by atoms with E-state index in [4.69, 9.17) is 10.9 Å². The molecule has 0 fully saturated rings. The molecule has 2 rings (SSSR count). The van der Waals surface area contributed by atoms with Crippen molar-refractivity contribution in [2.75, 3.05) is 0 Å². The van der Waals surface area contributed by atoms with Crippen molar-refractivity contribution in [2.45, 2.75) is 0 Å². The monoisotopic (exact) mass is 284 g/mol. The van der Waals surface area contributed by atoms with Gasteiger partial charge in [-0.3, -0.25) is 9.59 Å². The van der Waals surface area contributed by atoms with E-state index >= 15 is 0 Å². The molecule has 0 bridgehead atoms. The molecule has 0 aliphatic heterocycles. The Morgan fingerprint density at radius 2 is 1.33 bits per heavy atom. The average molecular weight is 284 g/mol. The molecular formula is C15H12N2O4. The van der Waals surface area contributed by atoms with Crippen LogP contribution in [0.3, 0.4) is 0 Å². The summed E-state index contributed by atoms with van der Waals surface area (Å²) in [5, 5.41) is 9.47. The number of hydrogen-bond donors (Lipinski definition) is 2. The summed E-state index contributed by atoms with van der Waals surface area (Å²) in [5.41, 5.74) is -0.114. The molecule has 0 unspecified atom stereocenters. The Kier molecular flexibility index (Phi) is 4.10. The maximum Gasteiger partial charge on any atom is 0.336 e. The number of nitrogens with two attached hydrogens (primary N) is 1. The van der Waals surface area contributed by atoms with Crippen LogP contribution in [0.15, 0.2) is 54.6 Å². The van der Waals surface area contributed by atoms with Gasteiger partial charge in [0.1, 0.15) is 0 Å². The number of hydrogen-bond acceptors (Lipinski definition) is 4. The first-order valence-electron chi connectivity index (χ1n) is 6.03. The molecular weight excluding hydrogens is 272 g/mol. The number of carboxylic acid groups (broad SMARTS) is 1. The van der Waals surface area contributed by atoms with E-state index < -0.39 is 17.8 Å². The van der Waals surface area contributed by atoms with Crippen molar-refractivity contribution in [1.29, 1.82) is 0 Å². The summed E-state index contributed by atoms with van der Waals surface area (Å²) in [4.78, 5) is 35.4. The van der Waals surface area contributed by atoms with Crippen molar-refractivity contribution in [1.82, 2.24) is 5.01 Å². The Labute approximate surface area is 120 Å². The molecule has 2 amide bonds. The van der Waals surface area contributed by atoms with Crippen LogP contribution in [0.2, 0.25) is 0 Å². The number of rotatable bonds is 3. The third-order valence-corrected chi connectivity index (χ3v) is 2.85. The van der Waals surface area contributed by atoms with Crippen LogP contribution in [0.5, 0.6) is 0 Å². The van der Waals surface area contributed by atoms with Crippen molar-refractivity contribution >= 4 is 17.8 Å². The summed E-state index contributed by atoms with van der Waals surface area (Å²) in [7, 11) is 0. The van der Waals surface area contributed by atoms with Crippen molar-refractivity contribution in [3.05, 3.63) is 71.3 Å². The van der Waals surface area contributed by atoms with Gasteiger partial charge >= 0.3 is 5.97 Å². The second-order valence-electron chi connectivity index (χ2n) is 4.20. The second-order valence-corrected chi connectivity index (χ2v) is 4.20. The summed E-state index contributed by atoms with van der Waals surface area (Å²) in [6.45, 7) is 0. The first kappa shape index (κ1) is 14.4. The Hall–Kier alpha value is -2.99. The van der Waals surface area contributed by atoms with Gasteiger partial charge in [0.05, 0.1) is 11.1 Å². The van der Waals surface area contributed by atoms with Crippen molar-refractivity contribution in [2.24, 2.45) is 5.84 Å². The summed E-state index contributed by atoms with van der Waals surface area (Å²) < 4.78 is 0. The maximum absolute atomic E-state index is 12.2. The predicted molar refractivity (Wildman–Crippen MR) is 74.5 cm³/mol. The van der Waals surface area contributed by atoms with Crippen LogP contribution in [0, 0.1) is 0 Å². The molecule has 0 aromatic heterocycles. The lowest BCUT2D eigenvalue weighted by molar-refractivity contribution is 0.0600. The number of carboxylic acids is 1. The van der Waals surface area contributed by atoms with Crippen molar-refractivity contribution < 1.29 is 19.5 Å². The molecule has 0 heterocycles. The van der Waals surface area contributed by atoms with Gasteiger partial charge in [0.2, 0.25) is 0 Å². The summed E-state index contributed by atoms with van der Waals surface area (Å²) in [6, 6.07) is 13.6. The Bertz CT molecular complexity index is 698. The highest BCUT2D eigenvalue weighted by atomic mass is 16.4. The van der Waals surface area contributed by atoms with Crippen LogP contribution >= 0.6 is 0 Å². The molecule has 0 aliphatic carbocycles. The van der Waals surface area contributed by atoms with E-state index in [-0.39, 0.29) is 16.7 Å². The average Bonchev–Trinajstić information content (AvgIpc) is 2.53. The molecule has 0 aliphatic rings. The van der Waals surface area contributed by atoms with Gasteiger partial charge < -0.3 is 5.11 Å². The zero-order valence-electron chi connectivity index (χ0n) is 10.9. The summed E-state index contributed by atoms with van der Waals surface area (Å²) in [5.74, 6) is 2.69. The fraction of sp³-hybridized carbons (Fsp3) is 0. The van der Waals surface area contributed by atoms with Gasteiger partial charge in [-0.05, 0) is 24.3 Å². The Morgan fingerprint density at radius 3 is 1.90 bits per heavy atom. The highest BCUT2D eigenvalue weighted by Crippen LogP contribution is 2.12. The number of benzene rings is 2. The number of hydrazine groups is 1. The standard InChI is InChI=1S/C15H12N2O4/c16-17(13(18)10-6-2-1-3-7-10)14(19)11-8-4-5-9-12(11)15(20)21/h1-9H,16H2,(H,20,21). The molecule has 6 nitrogen and oxygen atoms in total. The van der Waals surface area contributed by atoms with Gasteiger partial charge in [-0.2, -0.15) is 0 Å². The largest absolute Gasteiger partial charge is 0.478 e. The van der Waals surface area contributed by atoms with Crippen LogP contribution in [-0.2, 0) is 0 Å². The van der Waals surface area contributed by atoms with E-state index in [1.165, 1.54) is 36.4 Å². The van der Waals surface area contributed by atoms with E-state index in [0.29, 0.717) is 5.01 Å². The maximum atomic E-state index is 12.2. The molecule has 0 spiro atoms. The molecule has 6 heteroatoms. The van der Waals surface area contributed by atoms with Gasteiger partial charge in [-0.15, -0.1) is 0 Å². The number of aromatic carboxylic acids is 1. The van der Waals surface area contributed by atoms with Crippen LogP contribution < -0.4 is 5.84 Å². The number of carbonyl (C=O) groups is 3. The van der Waals surface area contributed by atoms with E-state index in [1.54, 1.807) is 18.2 Å². The number of imide groups is 1. The van der Waals surface area contributed by atoms with Crippen molar-refractivity contribution in [3.63, 3.8) is 0 Å². The van der Waals surface area contributed by atoms with Gasteiger partial charge in [0.15, 0.2) is 0 Å².